The minimum Gasteiger partial charge on any atom is -0.336 e. The highest BCUT2D eigenvalue weighted by Crippen LogP contribution is 2.19. The van der Waals surface area contributed by atoms with Crippen molar-refractivity contribution in [3.63, 3.8) is 0 Å². The third-order valence-electron chi connectivity index (χ3n) is 5.26. The number of piperazine rings is 1. The van der Waals surface area contributed by atoms with E-state index in [4.69, 9.17) is 11.6 Å². The van der Waals surface area contributed by atoms with Gasteiger partial charge in [0.15, 0.2) is 0 Å². The first kappa shape index (κ1) is 20.4. The molecule has 2 amide bonds. The van der Waals surface area contributed by atoms with E-state index in [2.05, 4.69) is 17.1 Å². The fraction of sp³-hybridized carbons (Fsp3) is 0.364. The average molecular weight is 400 g/mol. The topological polar surface area (TPSA) is 52.7 Å². The molecular formula is C22H26ClN3O2. The number of aryl methyl sites for hydroxylation is 1. The van der Waals surface area contributed by atoms with Crippen LogP contribution in [0, 0.1) is 0 Å². The minimum absolute atomic E-state index is 0.0323. The van der Waals surface area contributed by atoms with Crippen LogP contribution in [0.1, 0.15) is 29.8 Å². The monoisotopic (exact) mass is 399 g/mol. The molecule has 0 unspecified atom stereocenters. The van der Waals surface area contributed by atoms with Crippen molar-refractivity contribution in [1.29, 1.82) is 0 Å². The number of halogens is 1. The van der Waals surface area contributed by atoms with Crippen LogP contribution in [0.25, 0.3) is 0 Å². The van der Waals surface area contributed by atoms with E-state index in [0.717, 1.165) is 12.1 Å². The Morgan fingerprint density at radius 2 is 1.68 bits per heavy atom. The summed E-state index contributed by atoms with van der Waals surface area (Å²) in [5.41, 5.74) is 2.57. The number of benzene rings is 2. The van der Waals surface area contributed by atoms with Gasteiger partial charge in [0.05, 0.1) is 16.6 Å². The average Bonchev–Trinajstić information content (AvgIpc) is 2.73. The van der Waals surface area contributed by atoms with Gasteiger partial charge in [0.1, 0.15) is 0 Å². The molecule has 3 rings (SSSR count). The van der Waals surface area contributed by atoms with E-state index in [1.807, 2.05) is 43.3 Å². The first-order chi connectivity index (χ1) is 13.5. The normalized spacial score (nSPS) is 15.9. The van der Waals surface area contributed by atoms with E-state index in [1.54, 1.807) is 17.0 Å². The molecule has 2 aromatic rings. The molecule has 148 valence electrons. The predicted molar refractivity (Wildman–Crippen MR) is 113 cm³/mol. The molecule has 0 aliphatic carbocycles. The van der Waals surface area contributed by atoms with Crippen molar-refractivity contribution in [2.45, 2.75) is 26.3 Å². The number of rotatable bonds is 5. The zero-order valence-electron chi connectivity index (χ0n) is 16.3. The molecule has 0 radical (unpaired) electrons. The van der Waals surface area contributed by atoms with Crippen LogP contribution in [-0.4, -0.2) is 53.8 Å². The Labute approximate surface area is 171 Å². The summed E-state index contributed by atoms with van der Waals surface area (Å²) in [7, 11) is 0. The molecule has 1 saturated heterocycles. The van der Waals surface area contributed by atoms with Crippen LogP contribution in [0.4, 0.5) is 5.69 Å². The predicted octanol–water partition coefficient (Wildman–Crippen LogP) is 3.69. The third-order valence-corrected chi connectivity index (χ3v) is 5.59. The van der Waals surface area contributed by atoms with Crippen LogP contribution in [-0.2, 0) is 11.2 Å². The van der Waals surface area contributed by atoms with Crippen molar-refractivity contribution in [2.24, 2.45) is 0 Å². The number of hydrogen-bond acceptors (Lipinski definition) is 3. The van der Waals surface area contributed by atoms with Crippen molar-refractivity contribution in [2.75, 3.05) is 31.5 Å². The van der Waals surface area contributed by atoms with Gasteiger partial charge in [-0.3, -0.25) is 14.5 Å². The molecule has 0 spiro atoms. The molecule has 2 aromatic carbocycles. The van der Waals surface area contributed by atoms with E-state index in [9.17, 15) is 9.59 Å². The summed E-state index contributed by atoms with van der Waals surface area (Å²) in [4.78, 5) is 29.2. The first-order valence-corrected chi connectivity index (χ1v) is 10.0. The highest BCUT2D eigenvalue weighted by atomic mass is 35.5. The molecule has 1 aliphatic heterocycles. The first-order valence-electron chi connectivity index (χ1n) is 9.67. The van der Waals surface area contributed by atoms with Crippen molar-refractivity contribution < 1.29 is 9.59 Å². The fourth-order valence-electron chi connectivity index (χ4n) is 3.35. The van der Waals surface area contributed by atoms with Crippen molar-refractivity contribution in [1.82, 2.24) is 9.80 Å². The molecule has 1 fully saturated rings. The largest absolute Gasteiger partial charge is 0.336 e. The summed E-state index contributed by atoms with van der Waals surface area (Å²) in [6.45, 7) is 6.46. The summed E-state index contributed by atoms with van der Waals surface area (Å²) in [5, 5.41) is 3.45. The molecule has 28 heavy (non-hydrogen) atoms. The van der Waals surface area contributed by atoms with Crippen LogP contribution in [0.3, 0.4) is 0 Å². The zero-order valence-corrected chi connectivity index (χ0v) is 17.1. The number of nitrogens with one attached hydrogen (secondary N) is 1. The number of anilines is 1. The van der Waals surface area contributed by atoms with Gasteiger partial charge in [0.25, 0.3) is 5.91 Å². The smallest absolute Gasteiger partial charge is 0.255 e. The summed E-state index contributed by atoms with van der Waals surface area (Å²) in [6, 6.07) is 14.8. The molecular weight excluding hydrogens is 374 g/mol. The molecule has 5 nitrogen and oxygen atoms in total. The molecule has 1 N–H and O–H groups in total. The van der Waals surface area contributed by atoms with E-state index >= 15 is 0 Å². The fourth-order valence-corrected chi connectivity index (χ4v) is 3.57. The van der Waals surface area contributed by atoms with Crippen LogP contribution in [0.2, 0.25) is 5.02 Å². The van der Waals surface area contributed by atoms with Gasteiger partial charge in [-0.2, -0.15) is 0 Å². The second kappa shape index (κ2) is 9.22. The highest BCUT2D eigenvalue weighted by Gasteiger charge is 2.28. The van der Waals surface area contributed by atoms with Crippen molar-refractivity contribution in [3.05, 3.63) is 64.7 Å². The maximum Gasteiger partial charge on any atom is 0.255 e. The molecule has 1 atom stereocenters. The Hall–Kier alpha value is -2.37. The zero-order chi connectivity index (χ0) is 20.1. The van der Waals surface area contributed by atoms with Crippen molar-refractivity contribution >= 4 is 29.1 Å². The molecule has 6 heteroatoms. The number of carbonyl (C=O) groups is 2. The standard InChI is InChI=1S/C22H26ClN3O2/c1-3-17-8-10-18(11-9-17)24-21(27)16(2)25-12-14-26(15-13-25)22(28)19-6-4-5-7-20(19)23/h4-11,16H,3,12-15H2,1-2H3,(H,24,27)/t16-/m1/s1. The van der Waals surface area contributed by atoms with E-state index in [-0.39, 0.29) is 17.9 Å². The Bertz CT molecular complexity index is 830. The van der Waals surface area contributed by atoms with E-state index in [1.165, 1.54) is 5.56 Å². The lowest BCUT2D eigenvalue weighted by Crippen LogP contribution is -2.54. The maximum absolute atomic E-state index is 12.7. The quantitative estimate of drug-likeness (QED) is 0.834. The maximum atomic E-state index is 12.7. The van der Waals surface area contributed by atoms with Gasteiger partial charge >= 0.3 is 0 Å². The van der Waals surface area contributed by atoms with Gasteiger partial charge in [-0.05, 0) is 43.2 Å². The molecule has 0 aromatic heterocycles. The molecule has 1 heterocycles. The Morgan fingerprint density at radius 1 is 1.04 bits per heavy atom. The highest BCUT2D eigenvalue weighted by molar-refractivity contribution is 6.33. The summed E-state index contributed by atoms with van der Waals surface area (Å²) in [5.74, 6) is -0.0894. The lowest BCUT2D eigenvalue weighted by molar-refractivity contribution is -0.121. The third kappa shape index (κ3) is 4.72. The SMILES string of the molecule is CCc1ccc(NC(=O)[C@@H](C)N2CCN(C(=O)c3ccccc3Cl)CC2)cc1. The van der Waals surface area contributed by atoms with Gasteiger partial charge in [-0.15, -0.1) is 0 Å². The number of amides is 2. The van der Waals surface area contributed by atoms with Gasteiger partial charge in [0, 0.05) is 31.9 Å². The van der Waals surface area contributed by atoms with Gasteiger partial charge < -0.3 is 10.2 Å². The summed E-state index contributed by atoms with van der Waals surface area (Å²) < 4.78 is 0. The molecule has 1 aliphatic rings. The van der Waals surface area contributed by atoms with Gasteiger partial charge in [-0.25, -0.2) is 0 Å². The Balaban J connectivity index is 1.54. The van der Waals surface area contributed by atoms with E-state index in [0.29, 0.717) is 36.8 Å². The lowest BCUT2D eigenvalue weighted by Gasteiger charge is -2.37. The second-order valence-corrected chi connectivity index (χ2v) is 7.43. The second-order valence-electron chi connectivity index (χ2n) is 7.02. The van der Waals surface area contributed by atoms with Gasteiger partial charge in [0.2, 0.25) is 5.91 Å². The number of nitrogens with zero attached hydrogens (tertiary/aromatic N) is 2. The summed E-state index contributed by atoms with van der Waals surface area (Å²) >= 11 is 6.14. The van der Waals surface area contributed by atoms with Crippen LogP contribution >= 0.6 is 11.6 Å². The summed E-state index contributed by atoms with van der Waals surface area (Å²) in [6.07, 6.45) is 0.974. The van der Waals surface area contributed by atoms with Gasteiger partial charge in [-0.1, -0.05) is 42.8 Å². The van der Waals surface area contributed by atoms with Crippen LogP contribution < -0.4 is 5.32 Å². The van der Waals surface area contributed by atoms with Crippen molar-refractivity contribution in [3.8, 4) is 0 Å². The minimum atomic E-state index is -0.261. The number of carbonyl (C=O) groups excluding carboxylic acids is 2. The molecule has 0 saturated carbocycles. The Kier molecular flexibility index (Phi) is 6.70. The van der Waals surface area contributed by atoms with E-state index < -0.39 is 0 Å². The van der Waals surface area contributed by atoms with Crippen LogP contribution in [0.5, 0.6) is 0 Å². The molecule has 0 bridgehead atoms. The lowest BCUT2D eigenvalue weighted by atomic mass is 10.1. The Morgan fingerprint density at radius 3 is 2.29 bits per heavy atom. The number of hydrogen-bond donors (Lipinski definition) is 1. The van der Waals surface area contributed by atoms with Crippen LogP contribution in [0.15, 0.2) is 48.5 Å².